The molecule has 1 aromatic carbocycles. The molecule has 0 spiro atoms. The van der Waals surface area contributed by atoms with Crippen LogP contribution in [0.5, 0.6) is 5.75 Å². The molecule has 0 heterocycles. The molecule has 0 aliphatic rings. The van der Waals surface area contributed by atoms with Crippen LogP contribution in [0, 0.1) is 0 Å². The maximum Gasteiger partial charge on any atom is 0.123 e. The highest BCUT2D eigenvalue weighted by molar-refractivity contribution is 5.37. The Morgan fingerprint density at radius 3 is 2.56 bits per heavy atom. The molecule has 1 aromatic rings. The standard InChI is InChI=1S/C15H25NO2/c1-5-8-16(12(2)3)10-14-9-13(11-17)6-7-15(14)18-4/h6-7,9,12,17H,5,8,10-11H2,1-4H3. The van der Waals surface area contributed by atoms with Crippen molar-refractivity contribution < 1.29 is 9.84 Å². The van der Waals surface area contributed by atoms with Gasteiger partial charge in [0.15, 0.2) is 0 Å². The first-order chi connectivity index (χ1) is 8.62. The quantitative estimate of drug-likeness (QED) is 0.809. The van der Waals surface area contributed by atoms with Gasteiger partial charge < -0.3 is 9.84 Å². The van der Waals surface area contributed by atoms with Crippen molar-refractivity contribution >= 4 is 0 Å². The summed E-state index contributed by atoms with van der Waals surface area (Å²) in [5, 5.41) is 9.22. The number of aliphatic hydroxyl groups excluding tert-OH is 1. The number of rotatable bonds is 7. The molecule has 0 aromatic heterocycles. The second-order valence-corrected chi connectivity index (χ2v) is 4.87. The molecule has 0 unspecified atom stereocenters. The highest BCUT2D eigenvalue weighted by atomic mass is 16.5. The molecule has 18 heavy (non-hydrogen) atoms. The maximum atomic E-state index is 9.22. The molecule has 0 amide bonds. The van der Waals surface area contributed by atoms with Gasteiger partial charge in [0.05, 0.1) is 13.7 Å². The van der Waals surface area contributed by atoms with Crippen LogP contribution in [0.3, 0.4) is 0 Å². The Kier molecular flexibility index (Phi) is 6.16. The monoisotopic (exact) mass is 251 g/mol. The zero-order chi connectivity index (χ0) is 13.5. The van der Waals surface area contributed by atoms with Crippen molar-refractivity contribution in [2.75, 3.05) is 13.7 Å². The summed E-state index contributed by atoms with van der Waals surface area (Å²) in [6.45, 7) is 8.62. The van der Waals surface area contributed by atoms with Crippen LogP contribution in [0.1, 0.15) is 38.3 Å². The summed E-state index contributed by atoms with van der Waals surface area (Å²) in [6.07, 6.45) is 1.14. The van der Waals surface area contributed by atoms with Crippen LogP contribution < -0.4 is 4.74 Å². The van der Waals surface area contributed by atoms with Gasteiger partial charge in [-0.1, -0.05) is 13.0 Å². The molecule has 3 heteroatoms. The Balaban J connectivity index is 2.91. The Morgan fingerprint density at radius 1 is 1.33 bits per heavy atom. The van der Waals surface area contributed by atoms with E-state index in [1.54, 1.807) is 7.11 Å². The topological polar surface area (TPSA) is 32.7 Å². The van der Waals surface area contributed by atoms with E-state index in [4.69, 9.17) is 4.74 Å². The number of methoxy groups -OCH3 is 1. The van der Waals surface area contributed by atoms with E-state index >= 15 is 0 Å². The molecule has 0 saturated carbocycles. The van der Waals surface area contributed by atoms with E-state index in [0.717, 1.165) is 36.4 Å². The van der Waals surface area contributed by atoms with Crippen LogP contribution in [-0.4, -0.2) is 29.7 Å². The molecule has 0 aliphatic carbocycles. The van der Waals surface area contributed by atoms with Gasteiger partial charge in [-0.15, -0.1) is 0 Å². The molecule has 0 saturated heterocycles. The van der Waals surface area contributed by atoms with Gasteiger partial charge in [0.1, 0.15) is 5.75 Å². The molecule has 3 nitrogen and oxygen atoms in total. The summed E-state index contributed by atoms with van der Waals surface area (Å²) < 4.78 is 5.40. The predicted molar refractivity (Wildman–Crippen MR) is 74.8 cm³/mol. The number of ether oxygens (including phenoxy) is 1. The first-order valence-corrected chi connectivity index (χ1v) is 6.63. The minimum atomic E-state index is 0.0758. The molecule has 0 radical (unpaired) electrons. The molecule has 102 valence electrons. The Hall–Kier alpha value is -1.06. The number of benzene rings is 1. The van der Waals surface area contributed by atoms with Crippen molar-refractivity contribution in [2.24, 2.45) is 0 Å². The lowest BCUT2D eigenvalue weighted by atomic mass is 10.1. The van der Waals surface area contributed by atoms with E-state index in [0.29, 0.717) is 6.04 Å². The van der Waals surface area contributed by atoms with Gasteiger partial charge in [0.25, 0.3) is 0 Å². The third-order valence-corrected chi connectivity index (χ3v) is 3.14. The first-order valence-electron chi connectivity index (χ1n) is 6.63. The normalized spacial score (nSPS) is 11.3. The number of nitrogens with zero attached hydrogens (tertiary/aromatic N) is 1. The summed E-state index contributed by atoms with van der Waals surface area (Å²) in [7, 11) is 1.69. The first kappa shape index (κ1) is 15.0. The molecule has 1 N–H and O–H groups in total. The Labute approximate surface area is 110 Å². The highest BCUT2D eigenvalue weighted by Gasteiger charge is 2.12. The molecule has 1 rings (SSSR count). The van der Waals surface area contributed by atoms with Gasteiger partial charge in [-0.3, -0.25) is 4.90 Å². The Bertz CT molecular complexity index is 364. The van der Waals surface area contributed by atoms with Gasteiger partial charge in [0, 0.05) is 18.2 Å². The van der Waals surface area contributed by atoms with Gasteiger partial charge >= 0.3 is 0 Å². The lowest BCUT2D eigenvalue weighted by Crippen LogP contribution is -2.31. The SMILES string of the molecule is CCCN(Cc1cc(CO)ccc1OC)C(C)C. The Morgan fingerprint density at radius 2 is 2.06 bits per heavy atom. The van der Waals surface area contributed by atoms with E-state index in [1.807, 2.05) is 18.2 Å². The number of aliphatic hydroxyl groups is 1. The van der Waals surface area contributed by atoms with Crippen LogP contribution in [0.25, 0.3) is 0 Å². The van der Waals surface area contributed by atoms with E-state index in [2.05, 4.69) is 25.7 Å². The molecular weight excluding hydrogens is 226 g/mol. The van der Waals surface area contributed by atoms with E-state index in [1.165, 1.54) is 0 Å². The fraction of sp³-hybridized carbons (Fsp3) is 0.600. The van der Waals surface area contributed by atoms with Gasteiger partial charge in [-0.2, -0.15) is 0 Å². The van der Waals surface area contributed by atoms with Crippen molar-refractivity contribution in [1.29, 1.82) is 0 Å². The lowest BCUT2D eigenvalue weighted by Gasteiger charge is -2.27. The van der Waals surface area contributed by atoms with E-state index in [-0.39, 0.29) is 6.61 Å². The summed E-state index contributed by atoms with van der Waals surface area (Å²) in [4.78, 5) is 2.42. The number of hydrogen-bond donors (Lipinski definition) is 1. The zero-order valence-corrected chi connectivity index (χ0v) is 11.9. The minimum Gasteiger partial charge on any atom is -0.496 e. The van der Waals surface area contributed by atoms with Crippen molar-refractivity contribution in [1.82, 2.24) is 4.90 Å². The summed E-state index contributed by atoms with van der Waals surface area (Å²) in [6, 6.07) is 6.38. The summed E-state index contributed by atoms with van der Waals surface area (Å²) >= 11 is 0. The summed E-state index contributed by atoms with van der Waals surface area (Å²) in [5.74, 6) is 0.897. The van der Waals surface area contributed by atoms with E-state index < -0.39 is 0 Å². The maximum absolute atomic E-state index is 9.22. The fourth-order valence-corrected chi connectivity index (χ4v) is 2.08. The second kappa shape index (κ2) is 7.39. The molecule has 0 fully saturated rings. The zero-order valence-electron chi connectivity index (χ0n) is 11.9. The highest BCUT2D eigenvalue weighted by Crippen LogP contribution is 2.22. The van der Waals surface area contributed by atoms with Gasteiger partial charge in [-0.25, -0.2) is 0 Å². The van der Waals surface area contributed by atoms with Crippen LogP contribution in [0.15, 0.2) is 18.2 Å². The predicted octanol–water partition coefficient (Wildman–Crippen LogP) is 2.81. The molecule has 0 bridgehead atoms. The summed E-state index contributed by atoms with van der Waals surface area (Å²) in [5.41, 5.74) is 2.08. The fourth-order valence-electron chi connectivity index (χ4n) is 2.08. The lowest BCUT2D eigenvalue weighted by molar-refractivity contribution is 0.210. The largest absolute Gasteiger partial charge is 0.496 e. The average Bonchev–Trinajstić information content (AvgIpc) is 2.37. The second-order valence-electron chi connectivity index (χ2n) is 4.87. The van der Waals surface area contributed by atoms with Crippen molar-refractivity contribution in [2.45, 2.75) is 46.4 Å². The van der Waals surface area contributed by atoms with E-state index in [9.17, 15) is 5.11 Å². The van der Waals surface area contributed by atoms with Crippen molar-refractivity contribution in [3.63, 3.8) is 0 Å². The smallest absolute Gasteiger partial charge is 0.123 e. The molecule has 0 aliphatic heterocycles. The van der Waals surface area contributed by atoms with Gasteiger partial charge in [0.2, 0.25) is 0 Å². The number of hydrogen-bond acceptors (Lipinski definition) is 3. The third kappa shape index (κ3) is 4.00. The van der Waals surface area contributed by atoms with Gasteiger partial charge in [-0.05, 0) is 44.5 Å². The average molecular weight is 251 g/mol. The van der Waals surface area contributed by atoms with Crippen LogP contribution >= 0.6 is 0 Å². The minimum absolute atomic E-state index is 0.0758. The molecule has 0 atom stereocenters. The van der Waals surface area contributed by atoms with Crippen LogP contribution in [-0.2, 0) is 13.2 Å². The van der Waals surface area contributed by atoms with Crippen molar-refractivity contribution in [3.8, 4) is 5.75 Å². The molecular formula is C15H25NO2. The third-order valence-electron chi connectivity index (χ3n) is 3.14. The van der Waals surface area contributed by atoms with Crippen molar-refractivity contribution in [3.05, 3.63) is 29.3 Å². The van der Waals surface area contributed by atoms with Crippen LogP contribution in [0.2, 0.25) is 0 Å². The van der Waals surface area contributed by atoms with Crippen LogP contribution in [0.4, 0.5) is 0 Å².